The van der Waals surface area contributed by atoms with E-state index in [0.717, 1.165) is 44.8 Å². The van der Waals surface area contributed by atoms with E-state index in [9.17, 15) is 0 Å². The molecule has 0 unspecified atom stereocenters. The van der Waals surface area contributed by atoms with Crippen molar-refractivity contribution in [3.05, 3.63) is 71.3 Å². The summed E-state index contributed by atoms with van der Waals surface area (Å²) in [4.78, 5) is 16.0. The maximum atomic E-state index is 4.63. The van der Waals surface area contributed by atoms with Crippen LogP contribution in [0.15, 0.2) is 48.5 Å². The van der Waals surface area contributed by atoms with Gasteiger partial charge < -0.3 is 9.97 Å². The fraction of sp³-hybridized carbons (Fsp3) is 0. The van der Waals surface area contributed by atoms with Crippen LogP contribution in [-0.4, -0.2) is 19.9 Å². The van der Waals surface area contributed by atoms with Crippen molar-refractivity contribution in [3.63, 3.8) is 0 Å². The molecule has 0 aromatic carbocycles. The van der Waals surface area contributed by atoms with Crippen LogP contribution >= 0.6 is 12.4 Å². The average molecular weight is 406 g/mol. The van der Waals surface area contributed by atoms with E-state index in [0.29, 0.717) is 0 Å². The van der Waals surface area contributed by atoms with Crippen molar-refractivity contribution in [1.29, 1.82) is 0 Å². The van der Waals surface area contributed by atoms with Gasteiger partial charge in [-0.2, -0.15) is 0 Å². The smallest absolute Gasteiger partial charge is 0.0658 e. The molecule has 8 bridgehead atoms. The second-order valence-electron chi connectivity index (χ2n) is 5.91. The topological polar surface area (TPSA) is 57.4 Å². The van der Waals surface area contributed by atoms with Crippen LogP contribution in [0.2, 0.25) is 0 Å². The van der Waals surface area contributed by atoms with E-state index in [-0.39, 0.29) is 29.2 Å². The Labute approximate surface area is 166 Å². The molecule has 131 valence electrons. The number of H-pyrrole nitrogens is 2. The molecule has 0 fully saturated rings. The van der Waals surface area contributed by atoms with Crippen molar-refractivity contribution >= 4 is 58.8 Å². The van der Waals surface area contributed by atoms with Gasteiger partial charge in [0.25, 0.3) is 0 Å². The summed E-state index contributed by atoms with van der Waals surface area (Å²) in [5.41, 5.74) is 7.86. The Hall–Kier alpha value is -2.60. The summed E-state index contributed by atoms with van der Waals surface area (Å²) in [6.45, 7) is 0. The summed E-state index contributed by atoms with van der Waals surface area (Å²) in [5.74, 6) is 0. The molecule has 6 heteroatoms. The van der Waals surface area contributed by atoms with Crippen molar-refractivity contribution in [2.24, 2.45) is 0 Å². The van der Waals surface area contributed by atoms with Crippen molar-refractivity contribution in [3.8, 4) is 0 Å². The third-order valence-corrected chi connectivity index (χ3v) is 4.04. The van der Waals surface area contributed by atoms with E-state index in [2.05, 4.69) is 44.2 Å². The number of fused-ring (bicyclic) bond motifs is 8. The van der Waals surface area contributed by atoms with Gasteiger partial charge in [0.1, 0.15) is 0 Å². The summed E-state index contributed by atoms with van der Waals surface area (Å²) < 4.78 is 0. The Balaban J connectivity index is 0.000000980. The molecule has 0 atom stereocenters. The van der Waals surface area contributed by atoms with Gasteiger partial charge in [-0.3, -0.25) is 0 Å². The van der Waals surface area contributed by atoms with Gasteiger partial charge in [0.15, 0.2) is 0 Å². The van der Waals surface area contributed by atoms with Crippen molar-refractivity contribution in [2.75, 3.05) is 0 Å². The van der Waals surface area contributed by atoms with Crippen LogP contribution in [0.4, 0.5) is 0 Å². The fourth-order valence-corrected chi connectivity index (χ4v) is 2.94. The molecule has 0 saturated carbocycles. The minimum absolute atomic E-state index is 0. The van der Waals surface area contributed by atoms with Crippen LogP contribution in [0.1, 0.15) is 22.8 Å². The van der Waals surface area contributed by atoms with Gasteiger partial charge in [-0.15, -0.1) is 12.4 Å². The molecule has 3 aromatic heterocycles. The van der Waals surface area contributed by atoms with Crippen molar-refractivity contribution in [1.82, 2.24) is 19.9 Å². The molecule has 5 rings (SSSR count). The van der Waals surface area contributed by atoms with Crippen LogP contribution < -0.4 is 0 Å². The Morgan fingerprint density at radius 2 is 0.769 bits per heavy atom. The minimum Gasteiger partial charge on any atom is -0.355 e. The molecule has 2 N–H and O–H groups in total. The van der Waals surface area contributed by atoms with Crippen LogP contribution in [0.5, 0.6) is 0 Å². The fourth-order valence-electron chi connectivity index (χ4n) is 2.94. The quantitative estimate of drug-likeness (QED) is 0.378. The Kier molecular flexibility index (Phi) is 5.13. The Bertz CT molecular complexity index is 996. The SMILES string of the molecule is C1=Cc2cc3ccc(cc4nc(cc5ccc(cc1n2)[nH]5)C=C4)[nH]3.Cl.[Co]. The summed E-state index contributed by atoms with van der Waals surface area (Å²) in [6.07, 6.45) is 8.09. The summed E-state index contributed by atoms with van der Waals surface area (Å²) in [6, 6.07) is 16.4. The molecule has 26 heavy (non-hydrogen) atoms. The summed E-state index contributed by atoms with van der Waals surface area (Å²) in [7, 11) is 0. The summed E-state index contributed by atoms with van der Waals surface area (Å²) in [5, 5.41) is 0. The van der Waals surface area contributed by atoms with Crippen LogP contribution in [0.25, 0.3) is 46.4 Å². The maximum absolute atomic E-state index is 4.63. The predicted molar refractivity (Wildman–Crippen MR) is 106 cm³/mol. The number of nitrogens with one attached hydrogen (secondary N) is 2. The number of rotatable bonds is 0. The Morgan fingerprint density at radius 1 is 0.500 bits per heavy atom. The molecular formula is C20H15ClCoN4. The molecule has 1 radical (unpaired) electrons. The van der Waals surface area contributed by atoms with Gasteiger partial charge in [0, 0.05) is 38.8 Å². The Morgan fingerprint density at radius 3 is 1.04 bits per heavy atom. The first-order valence-electron chi connectivity index (χ1n) is 7.85. The molecule has 4 nitrogen and oxygen atoms in total. The number of nitrogens with zero attached hydrogens (tertiary/aromatic N) is 2. The molecule has 5 heterocycles. The van der Waals surface area contributed by atoms with Crippen LogP contribution in [-0.2, 0) is 16.8 Å². The van der Waals surface area contributed by atoms with Gasteiger partial charge in [0.05, 0.1) is 22.8 Å². The average Bonchev–Trinajstić information content (AvgIpc) is 3.32. The van der Waals surface area contributed by atoms with Gasteiger partial charge in [-0.25, -0.2) is 9.97 Å². The zero-order valence-electron chi connectivity index (χ0n) is 13.6. The zero-order valence-corrected chi connectivity index (χ0v) is 15.4. The first-order valence-corrected chi connectivity index (χ1v) is 7.85. The molecule has 0 saturated heterocycles. The largest absolute Gasteiger partial charge is 0.355 e. The van der Waals surface area contributed by atoms with E-state index in [4.69, 9.17) is 0 Å². The van der Waals surface area contributed by atoms with Crippen LogP contribution in [0, 0.1) is 0 Å². The number of aromatic amines is 2. The molecule has 2 aliphatic heterocycles. The molecule has 3 aromatic rings. The van der Waals surface area contributed by atoms with Crippen molar-refractivity contribution in [2.45, 2.75) is 0 Å². The van der Waals surface area contributed by atoms with E-state index in [1.165, 1.54) is 0 Å². The van der Waals surface area contributed by atoms with E-state index >= 15 is 0 Å². The van der Waals surface area contributed by atoms with Gasteiger partial charge in [-0.1, -0.05) is 0 Å². The minimum atomic E-state index is 0. The van der Waals surface area contributed by atoms with E-state index in [1.54, 1.807) is 0 Å². The zero-order chi connectivity index (χ0) is 15.9. The molecule has 0 aliphatic carbocycles. The molecule has 0 amide bonds. The number of hydrogen-bond donors (Lipinski definition) is 2. The van der Waals surface area contributed by atoms with Gasteiger partial charge in [0.2, 0.25) is 0 Å². The van der Waals surface area contributed by atoms with E-state index in [1.807, 2.05) is 48.6 Å². The van der Waals surface area contributed by atoms with E-state index < -0.39 is 0 Å². The predicted octanol–water partition coefficient (Wildman–Crippen LogP) is 5.07. The monoisotopic (exact) mass is 405 g/mol. The third kappa shape index (κ3) is 3.65. The number of halogens is 1. The van der Waals surface area contributed by atoms with Crippen molar-refractivity contribution < 1.29 is 16.8 Å². The van der Waals surface area contributed by atoms with Crippen LogP contribution in [0.3, 0.4) is 0 Å². The molecule has 0 spiro atoms. The number of hydrogen-bond acceptors (Lipinski definition) is 2. The first kappa shape index (κ1) is 18.2. The standard InChI is InChI=1S/C20H14N4.ClH.Co/c1-2-14-10-16-5-6-18(23-16)12-20-8-7-19(24-20)11-17-4-3-15(22-17)9-13(1)21-14;;/h1-12,21,24H;1H;. The summed E-state index contributed by atoms with van der Waals surface area (Å²) >= 11 is 0. The molecule has 2 aliphatic rings. The van der Waals surface area contributed by atoms with Gasteiger partial charge >= 0.3 is 0 Å². The maximum Gasteiger partial charge on any atom is 0.0658 e. The second kappa shape index (κ2) is 7.33. The normalized spacial score (nSPS) is 11.7. The first-order chi connectivity index (χ1) is 11.8. The molecular weight excluding hydrogens is 391 g/mol. The van der Waals surface area contributed by atoms with Gasteiger partial charge in [-0.05, 0) is 72.8 Å². The third-order valence-electron chi connectivity index (χ3n) is 4.04. The second-order valence-corrected chi connectivity index (χ2v) is 5.91. The number of aromatic nitrogens is 4.